The fraction of sp³-hybridized carbons (Fsp3) is 0.800. The fourth-order valence-electron chi connectivity index (χ4n) is 8.61. The highest BCUT2D eigenvalue weighted by Crippen LogP contribution is 2.67. The molecule has 0 saturated heterocycles. The van der Waals surface area contributed by atoms with E-state index in [1.54, 1.807) is 5.57 Å². The van der Waals surface area contributed by atoms with E-state index in [1.165, 1.54) is 44.1 Å². The van der Waals surface area contributed by atoms with Crippen molar-refractivity contribution < 1.29 is 5.11 Å². The summed E-state index contributed by atoms with van der Waals surface area (Å²) in [5, 5.41) is 10.3. The Hall–Kier alpha value is -0.820. The summed E-state index contributed by atoms with van der Waals surface area (Å²) in [5.41, 5.74) is 3.87. The summed E-state index contributed by atoms with van der Waals surface area (Å²) >= 11 is 0. The van der Waals surface area contributed by atoms with Crippen LogP contribution in [-0.4, -0.2) is 11.2 Å². The maximum Gasteiger partial charge on any atom is 0.0577 e. The minimum absolute atomic E-state index is 0.0961. The molecule has 0 aromatic carbocycles. The van der Waals surface area contributed by atoms with Crippen molar-refractivity contribution in [3.63, 3.8) is 0 Å². The lowest BCUT2D eigenvalue weighted by molar-refractivity contribution is -0.0540. The molecule has 0 radical (unpaired) electrons. The van der Waals surface area contributed by atoms with Gasteiger partial charge in [0.2, 0.25) is 0 Å². The molecule has 174 valence electrons. The molecule has 4 rings (SSSR count). The lowest BCUT2D eigenvalue weighted by Gasteiger charge is -2.58. The van der Waals surface area contributed by atoms with E-state index in [2.05, 4.69) is 66.3 Å². The van der Waals surface area contributed by atoms with Gasteiger partial charge in [-0.25, -0.2) is 0 Å². The van der Waals surface area contributed by atoms with Gasteiger partial charge in [0, 0.05) is 5.41 Å². The molecule has 0 aromatic rings. The smallest absolute Gasteiger partial charge is 0.0577 e. The molecule has 0 heterocycles. The first kappa shape index (κ1) is 23.3. The zero-order valence-corrected chi connectivity index (χ0v) is 21.2. The van der Waals surface area contributed by atoms with Crippen LogP contribution >= 0.6 is 0 Å². The molecule has 9 unspecified atom stereocenters. The Balaban J connectivity index is 1.54. The summed E-state index contributed by atoms with van der Waals surface area (Å²) in [5.74, 6) is 4.04. The standard InChI is InChI=1S/C30H48O/c1-8-28(5,20(2)3)16-13-21(4)25-11-12-26-24-10-9-22-19-23(31)14-17-29(22,6)27(24)15-18-30(25,26)7/h9,13,16,21,23-27,31H,2,8,10-12,14-15,17-19H2,1,3-7H3. The lowest BCUT2D eigenvalue weighted by Crippen LogP contribution is -2.50. The van der Waals surface area contributed by atoms with Crippen molar-refractivity contribution in [2.45, 2.75) is 105 Å². The van der Waals surface area contributed by atoms with Crippen LogP contribution in [0.1, 0.15) is 99.3 Å². The van der Waals surface area contributed by atoms with Crippen LogP contribution in [0.3, 0.4) is 0 Å². The minimum Gasteiger partial charge on any atom is -0.393 e. The Bertz CT molecular complexity index is 760. The monoisotopic (exact) mass is 424 g/mol. The van der Waals surface area contributed by atoms with Gasteiger partial charge in [0.1, 0.15) is 0 Å². The van der Waals surface area contributed by atoms with Crippen LogP contribution in [0.4, 0.5) is 0 Å². The van der Waals surface area contributed by atoms with E-state index in [0.29, 0.717) is 16.7 Å². The third-order valence-corrected chi connectivity index (χ3v) is 11.3. The maximum atomic E-state index is 10.3. The first-order chi connectivity index (χ1) is 14.5. The van der Waals surface area contributed by atoms with Gasteiger partial charge in [0.15, 0.2) is 0 Å². The van der Waals surface area contributed by atoms with Crippen molar-refractivity contribution in [3.8, 4) is 0 Å². The predicted octanol–water partition coefficient (Wildman–Crippen LogP) is 8.11. The molecule has 0 amide bonds. The second-order valence-electron chi connectivity index (χ2n) is 12.7. The zero-order valence-electron chi connectivity index (χ0n) is 21.2. The maximum absolute atomic E-state index is 10.3. The van der Waals surface area contributed by atoms with Gasteiger partial charge in [-0.1, -0.05) is 70.6 Å². The topological polar surface area (TPSA) is 20.2 Å². The van der Waals surface area contributed by atoms with Gasteiger partial charge in [-0.15, -0.1) is 0 Å². The molecule has 9 atom stereocenters. The van der Waals surface area contributed by atoms with E-state index in [9.17, 15) is 5.11 Å². The number of rotatable bonds is 5. The summed E-state index contributed by atoms with van der Waals surface area (Å²) in [6.07, 6.45) is 18.7. The summed E-state index contributed by atoms with van der Waals surface area (Å²) in [7, 11) is 0. The molecular formula is C30H48O. The molecule has 31 heavy (non-hydrogen) atoms. The fourth-order valence-corrected chi connectivity index (χ4v) is 8.61. The molecule has 0 aliphatic heterocycles. The van der Waals surface area contributed by atoms with Gasteiger partial charge in [-0.05, 0) is 105 Å². The van der Waals surface area contributed by atoms with Crippen molar-refractivity contribution in [1.29, 1.82) is 0 Å². The van der Waals surface area contributed by atoms with Crippen molar-refractivity contribution in [1.82, 2.24) is 0 Å². The van der Waals surface area contributed by atoms with Gasteiger partial charge >= 0.3 is 0 Å². The third kappa shape index (κ3) is 3.71. The lowest BCUT2D eigenvalue weighted by atomic mass is 9.47. The van der Waals surface area contributed by atoms with Gasteiger partial charge < -0.3 is 5.11 Å². The first-order valence-electron chi connectivity index (χ1n) is 13.3. The quantitative estimate of drug-likeness (QED) is 0.442. The first-order valence-corrected chi connectivity index (χ1v) is 13.3. The molecule has 1 N–H and O–H groups in total. The van der Waals surface area contributed by atoms with Gasteiger partial charge in [-0.2, -0.15) is 0 Å². The molecule has 3 fully saturated rings. The van der Waals surface area contributed by atoms with Gasteiger partial charge in [-0.3, -0.25) is 0 Å². The highest BCUT2D eigenvalue weighted by Gasteiger charge is 2.58. The Morgan fingerprint density at radius 1 is 1.23 bits per heavy atom. The minimum atomic E-state index is -0.0961. The van der Waals surface area contributed by atoms with E-state index in [-0.39, 0.29) is 11.5 Å². The predicted molar refractivity (Wildman–Crippen MR) is 133 cm³/mol. The van der Waals surface area contributed by atoms with Crippen molar-refractivity contribution in [2.24, 2.45) is 45.8 Å². The summed E-state index contributed by atoms with van der Waals surface area (Å²) in [6.45, 7) is 18.8. The van der Waals surface area contributed by atoms with Gasteiger partial charge in [0.05, 0.1) is 6.10 Å². The molecule has 1 heteroatoms. The Morgan fingerprint density at radius 3 is 2.65 bits per heavy atom. The third-order valence-electron chi connectivity index (χ3n) is 11.3. The van der Waals surface area contributed by atoms with Crippen LogP contribution in [0.15, 0.2) is 36.0 Å². The Labute approximate surface area is 192 Å². The van der Waals surface area contributed by atoms with Crippen LogP contribution < -0.4 is 0 Å². The van der Waals surface area contributed by atoms with Crippen molar-refractivity contribution in [2.75, 3.05) is 0 Å². The number of hydrogen-bond donors (Lipinski definition) is 1. The van der Waals surface area contributed by atoms with Crippen LogP contribution in [0.2, 0.25) is 0 Å². The van der Waals surface area contributed by atoms with Gasteiger partial charge in [0.25, 0.3) is 0 Å². The normalized spacial score (nSPS) is 45.3. The average molecular weight is 425 g/mol. The molecule has 0 aromatic heterocycles. The van der Waals surface area contributed by atoms with E-state index in [0.717, 1.165) is 42.9 Å². The summed E-state index contributed by atoms with van der Waals surface area (Å²) in [6, 6.07) is 0. The second-order valence-corrected chi connectivity index (χ2v) is 12.7. The molecular weight excluding hydrogens is 376 g/mol. The summed E-state index contributed by atoms with van der Waals surface area (Å²) in [4.78, 5) is 0. The van der Waals surface area contributed by atoms with E-state index < -0.39 is 0 Å². The number of allylic oxidation sites excluding steroid dienone is 4. The second kappa shape index (κ2) is 8.19. The summed E-state index contributed by atoms with van der Waals surface area (Å²) < 4.78 is 0. The highest BCUT2D eigenvalue weighted by atomic mass is 16.3. The average Bonchev–Trinajstić information content (AvgIpc) is 3.09. The number of fused-ring (bicyclic) bond motifs is 5. The van der Waals surface area contributed by atoms with Crippen molar-refractivity contribution in [3.05, 3.63) is 36.0 Å². The SMILES string of the molecule is C=C(C)C(C)(C=CC(C)C1CCC2C3CC=C4CC(O)CCC4(C)C3CCC12C)CC. The Morgan fingerprint density at radius 2 is 1.97 bits per heavy atom. The van der Waals surface area contributed by atoms with Crippen LogP contribution in [0, 0.1) is 45.8 Å². The highest BCUT2D eigenvalue weighted by molar-refractivity contribution is 5.25. The molecule has 3 saturated carbocycles. The van der Waals surface area contributed by atoms with E-state index in [1.807, 2.05) is 0 Å². The molecule has 0 bridgehead atoms. The van der Waals surface area contributed by atoms with Crippen LogP contribution in [0.5, 0.6) is 0 Å². The largest absolute Gasteiger partial charge is 0.393 e. The number of aliphatic hydroxyl groups excluding tert-OH is 1. The Kier molecular flexibility index (Phi) is 6.17. The van der Waals surface area contributed by atoms with Crippen molar-refractivity contribution >= 4 is 0 Å². The van der Waals surface area contributed by atoms with Crippen LogP contribution in [-0.2, 0) is 0 Å². The molecule has 4 aliphatic rings. The van der Waals surface area contributed by atoms with E-state index >= 15 is 0 Å². The number of aliphatic hydroxyl groups is 1. The van der Waals surface area contributed by atoms with Crippen LogP contribution in [0.25, 0.3) is 0 Å². The zero-order chi connectivity index (χ0) is 22.6. The molecule has 4 aliphatic carbocycles. The molecule has 0 spiro atoms. The van der Waals surface area contributed by atoms with E-state index in [4.69, 9.17) is 0 Å². The molecule has 1 nitrogen and oxygen atoms in total. The number of hydrogen-bond acceptors (Lipinski definition) is 1.